The van der Waals surface area contributed by atoms with Gasteiger partial charge in [0.15, 0.2) is 5.78 Å². The summed E-state index contributed by atoms with van der Waals surface area (Å²) in [5, 5.41) is 0. The summed E-state index contributed by atoms with van der Waals surface area (Å²) in [6.45, 7) is 0. The van der Waals surface area contributed by atoms with E-state index in [4.69, 9.17) is 0 Å². The van der Waals surface area contributed by atoms with Crippen LogP contribution >= 0.6 is 11.8 Å². The highest BCUT2D eigenvalue weighted by molar-refractivity contribution is 8.00. The summed E-state index contributed by atoms with van der Waals surface area (Å²) in [5.41, 5.74) is 0.394. The van der Waals surface area contributed by atoms with Crippen LogP contribution in [0.4, 0.5) is 4.39 Å². The van der Waals surface area contributed by atoms with Gasteiger partial charge in [0.2, 0.25) is 0 Å². The Balaban J connectivity index is 2.19. The van der Waals surface area contributed by atoms with Crippen LogP contribution in [0.2, 0.25) is 0 Å². The smallest absolute Gasteiger partial charge is 0.169 e. The minimum atomic E-state index is -0.446. The number of carbonyl (C=O) groups is 1. The van der Waals surface area contributed by atoms with Gasteiger partial charge < -0.3 is 0 Å². The van der Waals surface area contributed by atoms with Crippen LogP contribution in [-0.2, 0) is 0 Å². The van der Waals surface area contributed by atoms with Crippen molar-refractivity contribution < 1.29 is 9.18 Å². The second-order valence-electron chi connectivity index (χ2n) is 2.99. The van der Waals surface area contributed by atoms with Crippen molar-refractivity contribution in [3.8, 4) is 0 Å². The molecular weight excluding hydrogens is 189 g/mol. The third kappa shape index (κ3) is 1.72. The van der Waals surface area contributed by atoms with Crippen LogP contribution < -0.4 is 0 Å². The highest BCUT2D eigenvalue weighted by atomic mass is 32.2. The van der Waals surface area contributed by atoms with Gasteiger partial charge in [0.25, 0.3) is 0 Å². The van der Waals surface area contributed by atoms with E-state index in [1.54, 1.807) is 11.8 Å². The predicted octanol–water partition coefficient (Wildman–Crippen LogP) is 1.77. The molecule has 0 aliphatic carbocycles. The molecule has 0 atom stereocenters. The van der Waals surface area contributed by atoms with E-state index >= 15 is 0 Å². The predicted molar refractivity (Wildman–Crippen MR) is 49.3 cm³/mol. The van der Waals surface area contributed by atoms with E-state index in [9.17, 15) is 9.18 Å². The Bertz CT molecular complexity index is 338. The molecule has 0 aromatic carbocycles. The SMILES string of the molecule is O=C(c1cncc(F)c1)C1CSC1. The van der Waals surface area contributed by atoms with Crippen molar-refractivity contribution in [2.45, 2.75) is 0 Å². The molecule has 68 valence electrons. The molecule has 1 saturated heterocycles. The summed E-state index contributed by atoms with van der Waals surface area (Å²) in [6.07, 6.45) is 2.53. The van der Waals surface area contributed by atoms with Gasteiger partial charge in [-0.1, -0.05) is 0 Å². The van der Waals surface area contributed by atoms with Gasteiger partial charge in [0.1, 0.15) is 5.82 Å². The zero-order valence-electron chi connectivity index (χ0n) is 6.87. The van der Waals surface area contributed by atoms with Crippen LogP contribution in [-0.4, -0.2) is 22.3 Å². The second kappa shape index (κ2) is 3.46. The van der Waals surface area contributed by atoms with Crippen molar-refractivity contribution in [3.63, 3.8) is 0 Å². The monoisotopic (exact) mass is 197 g/mol. The van der Waals surface area contributed by atoms with Crippen molar-refractivity contribution >= 4 is 17.5 Å². The Morgan fingerprint density at radius 2 is 2.31 bits per heavy atom. The molecule has 0 N–H and O–H groups in total. The molecule has 0 amide bonds. The molecule has 1 fully saturated rings. The Labute approximate surface area is 79.6 Å². The number of aromatic nitrogens is 1. The first-order valence-corrected chi connectivity index (χ1v) is 5.15. The first kappa shape index (κ1) is 8.69. The Morgan fingerprint density at radius 3 is 2.85 bits per heavy atom. The zero-order valence-corrected chi connectivity index (χ0v) is 7.68. The van der Waals surface area contributed by atoms with Gasteiger partial charge in [-0.3, -0.25) is 9.78 Å². The van der Waals surface area contributed by atoms with E-state index in [2.05, 4.69) is 4.98 Å². The first-order valence-electron chi connectivity index (χ1n) is 4.00. The van der Waals surface area contributed by atoms with E-state index < -0.39 is 5.82 Å². The van der Waals surface area contributed by atoms with Gasteiger partial charge in [-0.2, -0.15) is 11.8 Å². The number of ketones is 1. The molecule has 1 aromatic rings. The fraction of sp³-hybridized carbons (Fsp3) is 0.333. The molecule has 1 aliphatic rings. The zero-order chi connectivity index (χ0) is 9.26. The number of thioether (sulfide) groups is 1. The van der Waals surface area contributed by atoms with Crippen molar-refractivity contribution in [2.75, 3.05) is 11.5 Å². The molecule has 1 aromatic heterocycles. The van der Waals surface area contributed by atoms with Gasteiger partial charge in [-0.05, 0) is 6.07 Å². The minimum Gasteiger partial charge on any atom is -0.294 e. The molecule has 2 heterocycles. The highest BCUT2D eigenvalue weighted by Crippen LogP contribution is 2.27. The summed E-state index contributed by atoms with van der Waals surface area (Å²) < 4.78 is 12.7. The lowest BCUT2D eigenvalue weighted by molar-refractivity contribution is 0.0938. The van der Waals surface area contributed by atoms with Crippen LogP contribution in [0, 0.1) is 11.7 Å². The van der Waals surface area contributed by atoms with Gasteiger partial charge >= 0.3 is 0 Å². The van der Waals surface area contributed by atoms with Gasteiger partial charge in [0.05, 0.1) is 6.20 Å². The quantitative estimate of drug-likeness (QED) is 0.677. The third-order valence-electron chi connectivity index (χ3n) is 2.00. The third-order valence-corrected chi connectivity index (χ3v) is 3.27. The largest absolute Gasteiger partial charge is 0.294 e. The van der Waals surface area contributed by atoms with Crippen LogP contribution in [0.15, 0.2) is 18.5 Å². The van der Waals surface area contributed by atoms with E-state index in [1.165, 1.54) is 12.3 Å². The fourth-order valence-corrected chi connectivity index (χ4v) is 1.94. The van der Waals surface area contributed by atoms with E-state index in [-0.39, 0.29) is 11.7 Å². The van der Waals surface area contributed by atoms with Crippen molar-refractivity contribution in [1.82, 2.24) is 4.98 Å². The number of nitrogens with zero attached hydrogens (tertiary/aromatic N) is 1. The van der Waals surface area contributed by atoms with Crippen molar-refractivity contribution in [3.05, 3.63) is 29.8 Å². The maximum absolute atomic E-state index is 12.7. The molecule has 13 heavy (non-hydrogen) atoms. The molecule has 2 rings (SSSR count). The maximum Gasteiger partial charge on any atom is 0.169 e. The number of pyridine rings is 1. The van der Waals surface area contributed by atoms with Gasteiger partial charge in [0, 0.05) is 29.2 Å². The molecule has 0 unspecified atom stereocenters. The number of halogens is 1. The highest BCUT2D eigenvalue weighted by Gasteiger charge is 2.27. The normalized spacial score (nSPS) is 16.7. The molecule has 0 saturated carbocycles. The minimum absolute atomic E-state index is 0.0192. The summed E-state index contributed by atoms with van der Waals surface area (Å²) >= 11 is 1.74. The number of rotatable bonds is 2. The molecular formula is C9H8FNOS. The van der Waals surface area contributed by atoms with Crippen LogP contribution in [0.1, 0.15) is 10.4 Å². The molecule has 1 aliphatic heterocycles. The lowest BCUT2D eigenvalue weighted by Gasteiger charge is -2.22. The number of hydrogen-bond acceptors (Lipinski definition) is 3. The molecule has 0 radical (unpaired) electrons. The fourth-order valence-electron chi connectivity index (χ4n) is 1.17. The van der Waals surface area contributed by atoms with Gasteiger partial charge in [-0.25, -0.2) is 4.39 Å². The van der Waals surface area contributed by atoms with Crippen molar-refractivity contribution in [2.24, 2.45) is 5.92 Å². The second-order valence-corrected chi connectivity index (χ2v) is 4.07. The summed E-state index contributed by atoms with van der Waals surface area (Å²) in [4.78, 5) is 15.2. The summed E-state index contributed by atoms with van der Waals surface area (Å²) in [6, 6.07) is 1.25. The van der Waals surface area contributed by atoms with Crippen LogP contribution in [0.5, 0.6) is 0 Å². The Kier molecular flexibility index (Phi) is 2.31. The first-order chi connectivity index (χ1) is 6.27. The lowest BCUT2D eigenvalue weighted by atomic mass is 10.0. The summed E-state index contributed by atoms with van der Waals surface area (Å²) in [7, 11) is 0. The average molecular weight is 197 g/mol. The van der Waals surface area contributed by atoms with Crippen LogP contribution in [0.3, 0.4) is 0 Å². The average Bonchev–Trinajstić information content (AvgIpc) is 2.01. The van der Waals surface area contributed by atoms with Gasteiger partial charge in [-0.15, -0.1) is 0 Å². The molecule has 0 bridgehead atoms. The molecule has 2 nitrogen and oxygen atoms in total. The number of Topliss-reactive ketones (excluding diaryl/α,β-unsaturated/α-hetero) is 1. The topological polar surface area (TPSA) is 30.0 Å². The molecule has 4 heteroatoms. The Morgan fingerprint density at radius 1 is 1.54 bits per heavy atom. The maximum atomic E-state index is 12.7. The van der Waals surface area contributed by atoms with Crippen molar-refractivity contribution in [1.29, 1.82) is 0 Å². The molecule has 0 spiro atoms. The number of hydrogen-bond donors (Lipinski definition) is 0. The van der Waals surface area contributed by atoms with E-state index in [1.807, 2.05) is 0 Å². The Hall–Kier alpha value is -0.900. The van der Waals surface area contributed by atoms with E-state index in [0.29, 0.717) is 5.56 Å². The standard InChI is InChI=1S/C9H8FNOS/c10-8-1-6(2-11-3-8)9(12)7-4-13-5-7/h1-3,7H,4-5H2. The number of carbonyl (C=O) groups excluding carboxylic acids is 1. The summed E-state index contributed by atoms with van der Waals surface area (Å²) in [5.74, 6) is 1.36. The van der Waals surface area contributed by atoms with E-state index in [0.717, 1.165) is 17.7 Å². The van der Waals surface area contributed by atoms with Crippen LogP contribution in [0.25, 0.3) is 0 Å². The lowest BCUT2D eigenvalue weighted by Crippen LogP contribution is -2.27.